The SMILES string of the molecule is CN(c1ccc(Cl)cc1)S(=O)(=O)c1ccsc1C(=O)Nc1cccc(Cl)c1. The number of thiophene rings is 1. The molecule has 1 heterocycles. The predicted molar refractivity (Wildman–Crippen MR) is 111 cm³/mol. The van der Waals surface area contributed by atoms with E-state index in [1.54, 1.807) is 53.9 Å². The lowest BCUT2D eigenvalue weighted by Crippen LogP contribution is -2.28. The zero-order chi connectivity index (χ0) is 19.6. The number of hydrogen-bond acceptors (Lipinski definition) is 4. The third kappa shape index (κ3) is 4.27. The molecule has 0 saturated heterocycles. The molecule has 0 atom stereocenters. The Morgan fingerprint density at radius 3 is 2.41 bits per heavy atom. The van der Waals surface area contributed by atoms with E-state index in [0.717, 1.165) is 15.6 Å². The van der Waals surface area contributed by atoms with E-state index in [1.807, 2.05) is 0 Å². The molecule has 3 rings (SSSR count). The molecule has 0 unspecified atom stereocenters. The average Bonchev–Trinajstić information content (AvgIpc) is 3.12. The second-order valence-electron chi connectivity index (χ2n) is 5.53. The van der Waals surface area contributed by atoms with E-state index in [2.05, 4.69) is 5.32 Å². The van der Waals surface area contributed by atoms with Gasteiger partial charge in [0.2, 0.25) is 0 Å². The zero-order valence-corrected chi connectivity index (χ0v) is 17.2. The van der Waals surface area contributed by atoms with Crippen LogP contribution in [0.3, 0.4) is 0 Å². The number of benzene rings is 2. The van der Waals surface area contributed by atoms with Gasteiger partial charge in [-0.15, -0.1) is 11.3 Å². The van der Waals surface area contributed by atoms with Crippen LogP contribution in [0.2, 0.25) is 10.0 Å². The average molecular weight is 441 g/mol. The highest BCUT2D eigenvalue weighted by molar-refractivity contribution is 7.93. The molecule has 140 valence electrons. The predicted octanol–water partition coefficient (Wildman–Crippen LogP) is 5.13. The van der Waals surface area contributed by atoms with Crippen molar-refractivity contribution in [1.82, 2.24) is 0 Å². The number of carbonyl (C=O) groups is 1. The topological polar surface area (TPSA) is 66.5 Å². The first kappa shape index (κ1) is 19.7. The first-order valence-electron chi connectivity index (χ1n) is 7.68. The summed E-state index contributed by atoms with van der Waals surface area (Å²) in [6.45, 7) is 0. The molecule has 0 bridgehead atoms. The number of rotatable bonds is 5. The molecule has 0 radical (unpaired) electrons. The molecule has 27 heavy (non-hydrogen) atoms. The van der Waals surface area contributed by atoms with E-state index in [0.29, 0.717) is 21.4 Å². The molecule has 0 fully saturated rings. The van der Waals surface area contributed by atoms with Crippen molar-refractivity contribution < 1.29 is 13.2 Å². The number of carbonyl (C=O) groups excluding carboxylic acids is 1. The van der Waals surface area contributed by atoms with Gasteiger partial charge in [0.05, 0.1) is 5.69 Å². The molecule has 0 aliphatic carbocycles. The van der Waals surface area contributed by atoms with Crippen LogP contribution in [0, 0.1) is 0 Å². The van der Waals surface area contributed by atoms with E-state index < -0.39 is 15.9 Å². The van der Waals surface area contributed by atoms with Gasteiger partial charge in [-0.2, -0.15) is 0 Å². The molecule has 0 aliphatic heterocycles. The van der Waals surface area contributed by atoms with E-state index in [4.69, 9.17) is 23.2 Å². The summed E-state index contributed by atoms with van der Waals surface area (Å²) in [5.41, 5.74) is 0.919. The molecular weight excluding hydrogens is 427 g/mol. The minimum Gasteiger partial charge on any atom is -0.321 e. The summed E-state index contributed by atoms with van der Waals surface area (Å²) in [4.78, 5) is 12.6. The summed E-state index contributed by atoms with van der Waals surface area (Å²) in [7, 11) is -2.50. The van der Waals surface area contributed by atoms with Gasteiger partial charge in [0, 0.05) is 22.8 Å². The summed E-state index contributed by atoms with van der Waals surface area (Å²) in [5.74, 6) is -0.518. The summed E-state index contributed by atoms with van der Waals surface area (Å²) in [5, 5.41) is 5.20. The van der Waals surface area contributed by atoms with Crippen LogP contribution in [-0.2, 0) is 10.0 Å². The third-order valence-electron chi connectivity index (χ3n) is 3.75. The molecule has 0 saturated carbocycles. The summed E-state index contributed by atoms with van der Waals surface area (Å²) in [6.07, 6.45) is 0. The summed E-state index contributed by atoms with van der Waals surface area (Å²) >= 11 is 12.8. The highest BCUT2D eigenvalue weighted by Gasteiger charge is 2.28. The van der Waals surface area contributed by atoms with Gasteiger partial charge in [-0.3, -0.25) is 9.10 Å². The minimum absolute atomic E-state index is 0.0653. The third-order valence-corrected chi connectivity index (χ3v) is 7.10. The number of nitrogens with one attached hydrogen (secondary N) is 1. The number of hydrogen-bond donors (Lipinski definition) is 1. The highest BCUT2D eigenvalue weighted by atomic mass is 35.5. The summed E-state index contributed by atoms with van der Waals surface area (Å²) < 4.78 is 27.1. The van der Waals surface area contributed by atoms with E-state index >= 15 is 0 Å². The molecule has 1 N–H and O–H groups in total. The van der Waals surface area contributed by atoms with Crippen molar-refractivity contribution in [2.75, 3.05) is 16.7 Å². The fraction of sp³-hybridized carbons (Fsp3) is 0.0556. The van der Waals surface area contributed by atoms with Crippen molar-refractivity contribution in [1.29, 1.82) is 0 Å². The van der Waals surface area contributed by atoms with Crippen LogP contribution in [0.25, 0.3) is 0 Å². The maximum Gasteiger partial charge on any atom is 0.267 e. The van der Waals surface area contributed by atoms with Gasteiger partial charge in [-0.05, 0) is 53.9 Å². The number of amides is 1. The number of anilines is 2. The van der Waals surface area contributed by atoms with Crippen LogP contribution < -0.4 is 9.62 Å². The van der Waals surface area contributed by atoms with Crippen molar-refractivity contribution >= 4 is 61.8 Å². The lowest BCUT2D eigenvalue weighted by Gasteiger charge is -2.19. The van der Waals surface area contributed by atoms with Crippen molar-refractivity contribution in [2.24, 2.45) is 0 Å². The van der Waals surface area contributed by atoms with Crippen LogP contribution >= 0.6 is 34.5 Å². The van der Waals surface area contributed by atoms with Gasteiger partial charge in [0.1, 0.15) is 9.77 Å². The molecule has 1 aromatic heterocycles. The molecule has 2 aromatic carbocycles. The molecular formula is C18H14Cl2N2O3S2. The van der Waals surface area contributed by atoms with Gasteiger partial charge < -0.3 is 5.32 Å². The Bertz CT molecular complexity index is 1080. The fourth-order valence-corrected chi connectivity index (χ4v) is 5.16. The van der Waals surface area contributed by atoms with Crippen LogP contribution in [0.4, 0.5) is 11.4 Å². The highest BCUT2D eigenvalue weighted by Crippen LogP contribution is 2.29. The van der Waals surface area contributed by atoms with Crippen LogP contribution in [0.1, 0.15) is 9.67 Å². The monoisotopic (exact) mass is 440 g/mol. The van der Waals surface area contributed by atoms with Gasteiger partial charge in [0.25, 0.3) is 15.9 Å². The first-order chi connectivity index (χ1) is 12.8. The Morgan fingerprint density at radius 2 is 1.74 bits per heavy atom. The van der Waals surface area contributed by atoms with E-state index in [1.165, 1.54) is 13.1 Å². The Morgan fingerprint density at radius 1 is 1.04 bits per heavy atom. The van der Waals surface area contributed by atoms with Crippen molar-refractivity contribution in [3.63, 3.8) is 0 Å². The molecule has 9 heteroatoms. The maximum atomic E-state index is 13.0. The second-order valence-corrected chi connectivity index (χ2v) is 9.25. The molecule has 5 nitrogen and oxygen atoms in total. The van der Waals surface area contributed by atoms with Gasteiger partial charge >= 0.3 is 0 Å². The summed E-state index contributed by atoms with van der Waals surface area (Å²) in [6, 6.07) is 14.4. The smallest absolute Gasteiger partial charge is 0.267 e. The van der Waals surface area contributed by atoms with Crippen LogP contribution in [-0.4, -0.2) is 21.4 Å². The van der Waals surface area contributed by atoms with Crippen LogP contribution in [0.15, 0.2) is 64.9 Å². The van der Waals surface area contributed by atoms with E-state index in [9.17, 15) is 13.2 Å². The number of halogens is 2. The maximum absolute atomic E-state index is 13.0. The fourth-order valence-electron chi connectivity index (χ4n) is 2.36. The molecule has 3 aromatic rings. The second kappa shape index (κ2) is 7.90. The molecule has 1 amide bonds. The Labute approximate surface area is 171 Å². The van der Waals surface area contributed by atoms with Crippen molar-refractivity contribution in [3.05, 3.63) is 74.9 Å². The zero-order valence-electron chi connectivity index (χ0n) is 14.0. The number of nitrogens with zero attached hydrogens (tertiary/aromatic N) is 1. The van der Waals surface area contributed by atoms with Gasteiger partial charge in [-0.1, -0.05) is 29.3 Å². The Balaban J connectivity index is 1.90. The lowest BCUT2D eigenvalue weighted by molar-refractivity contribution is 0.102. The Hall–Kier alpha value is -2.06. The minimum atomic E-state index is -3.92. The molecule has 0 aliphatic rings. The Kier molecular flexibility index (Phi) is 5.76. The molecule has 0 spiro atoms. The quantitative estimate of drug-likeness (QED) is 0.597. The normalized spacial score (nSPS) is 11.2. The van der Waals surface area contributed by atoms with Gasteiger partial charge in [-0.25, -0.2) is 8.42 Å². The largest absolute Gasteiger partial charge is 0.321 e. The van der Waals surface area contributed by atoms with E-state index in [-0.39, 0.29) is 9.77 Å². The van der Waals surface area contributed by atoms with Crippen molar-refractivity contribution in [3.8, 4) is 0 Å². The first-order valence-corrected chi connectivity index (χ1v) is 10.8. The lowest BCUT2D eigenvalue weighted by atomic mass is 10.3. The van der Waals surface area contributed by atoms with Gasteiger partial charge in [0.15, 0.2) is 0 Å². The van der Waals surface area contributed by atoms with Crippen molar-refractivity contribution in [2.45, 2.75) is 4.90 Å². The van der Waals surface area contributed by atoms with Crippen LogP contribution in [0.5, 0.6) is 0 Å². The standard InChI is InChI=1S/C18H14Cl2N2O3S2/c1-22(15-7-5-12(19)6-8-15)27(24,25)16-9-10-26-17(16)18(23)21-14-4-2-3-13(20)11-14/h2-11H,1H3,(H,21,23). The number of sulfonamides is 1.